The number of nitriles is 1. The molecule has 0 spiro atoms. The Labute approximate surface area is 93.5 Å². The first kappa shape index (κ1) is 12.5. The molecule has 3 heteroatoms. The fourth-order valence-corrected chi connectivity index (χ4v) is 2.09. The number of nitrogens with one attached hydrogen (secondary N) is 1. The highest BCUT2D eigenvalue weighted by molar-refractivity contribution is 4.79. The van der Waals surface area contributed by atoms with Crippen molar-refractivity contribution in [2.75, 3.05) is 26.2 Å². The van der Waals surface area contributed by atoms with Gasteiger partial charge in [0.05, 0.1) is 12.5 Å². The third-order valence-electron chi connectivity index (χ3n) is 3.11. The van der Waals surface area contributed by atoms with Crippen molar-refractivity contribution in [2.45, 2.75) is 45.1 Å². The minimum absolute atomic E-state index is 0.397. The smallest absolute Gasteiger partial charge is 0.0638 e. The molecule has 1 aliphatic heterocycles. The van der Waals surface area contributed by atoms with Crippen molar-refractivity contribution in [1.29, 1.82) is 5.26 Å². The van der Waals surface area contributed by atoms with E-state index in [1.54, 1.807) is 0 Å². The van der Waals surface area contributed by atoms with Crippen LogP contribution in [0.15, 0.2) is 0 Å². The second-order valence-corrected chi connectivity index (χ2v) is 4.32. The Kier molecular flexibility index (Phi) is 6.38. The van der Waals surface area contributed by atoms with Gasteiger partial charge in [-0.25, -0.2) is 0 Å². The van der Waals surface area contributed by atoms with Gasteiger partial charge in [-0.1, -0.05) is 6.92 Å². The van der Waals surface area contributed by atoms with Crippen LogP contribution in [-0.2, 0) is 0 Å². The Morgan fingerprint density at radius 1 is 1.40 bits per heavy atom. The summed E-state index contributed by atoms with van der Waals surface area (Å²) in [4.78, 5) is 2.53. The van der Waals surface area contributed by atoms with Gasteiger partial charge < -0.3 is 10.2 Å². The maximum atomic E-state index is 8.60. The van der Waals surface area contributed by atoms with Gasteiger partial charge in [-0.15, -0.1) is 0 Å². The quantitative estimate of drug-likeness (QED) is 0.649. The first-order valence-electron chi connectivity index (χ1n) is 6.19. The average molecular weight is 209 g/mol. The van der Waals surface area contributed by atoms with Crippen LogP contribution < -0.4 is 5.32 Å². The lowest BCUT2D eigenvalue weighted by Gasteiger charge is -2.17. The topological polar surface area (TPSA) is 39.1 Å². The Morgan fingerprint density at radius 3 is 2.73 bits per heavy atom. The third-order valence-corrected chi connectivity index (χ3v) is 3.11. The monoisotopic (exact) mass is 209 g/mol. The zero-order valence-corrected chi connectivity index (χ0v) is 9.84. The first-order chi connectivity index (χ1) is 7.36. The number of likely N-dealkylation sites (tertiary alicyclic amines) is 1. The molecule has 15 heavy (non-hydrogen) atoms. The van der Waals surface area contributed by atoms with Crippen LogP contribution >= 0.6 is 0 Å². The van der Waals surface area contributed by atoms with E-state index in [4.69, 9.17) is 5.26 Å². The van der Waals surface area contributed by atoms with Crippen molar-refractivity contribution in [2.24, 2.45) is 0 Å². The van der Waals surface area contributed by atoms with E-state index in [0.717, 1.165) is 13.0 Å². The molecule has 0 aromatic heterocycles. The molecule has 0 saturated carbocycles. The van der Waals surface area contributed by atoms with Crippen molar-refractivity contribution in [3.63, 3.8) is 0 Å². The highest BCUT2D eigenvalue weighted by Crippen LogP contribution is 2.07. The summed E-state index contributed by atoms with van der Waals surface area (Å²) in [7, 11) is 0. The maximum absolute atomic E-state index is 8.60. The molecule has 0 aromatic rings. The molecule has 0 bridgehead atoms. The first-order valence-corrected chi connectivity index (χ1v) is 6.19. The van der Waals surface area contributed by atoms with E-state index < -0.39 is 0 Å². The van der Waals surface area contributed by atoms with Gasteiger partial charge in [0.15, 0.2) is 0 Å². The lowest BCUT2D eigenvalue weighted by atomic mass is 10.1. The molecule has 1 unspecified atom stereocenters. The molecule has 86 valence electrons. The van der Waals surface area contributed by atoms with Crippen LogP contribution in [0.4, 0.5) is 0 Å². The Morgan fingerprint density at radius 2 is 2.13 bits per heavy atom. The third kappa shape index (κ3) is 5.15. The van der Waals surface area contributed by atoms with Crippen LogP contribution in [0.1, 0.15) is 39.0 Å². The summed E-state index contributed by atoms with van der Waals surface area (Å²) >= 11 is 0. The Balaban J connectivity index is 1.97. The van der Waals surface area contributed by atoms with Crippen LogP contribution in [0.3, 0.4) is 0 Å². The second-order valence-electron chi connectivity index (χ2n) is 4.32. The molecule has 0 aliphatic carbocycles. The molecular weight excluding hydrogens is 186 g/mol. The zero-order valence-electron chi connectivity index (χ0n) is 9.84. The molecule has 1 saturated heterocycles. The van der Waals surface area contributed by atoms with Gasteiger partial charge >= 0.3 is 0 Å². The van der Waals surface area contributed by atoms with Gasteiger partial charge in [-0.2, -0.15) is 5.26 Å². The summed E-state index contributed by atoms with van der Waals surface area (Å²) < 4.78 is 0. The molecular formula is C12H23N3. The van der Waals surface area contributed by atoms with E-state index in [9.17, 15) is 0 Å². The van der Waals surface area contributed by atoms with E-state index in [-0.39, 0.29) is 0 Å². The molecule has 0 radical (unpaired) electrons. The summed E-state index contributed by atoms with van der Waals surface area (Å²) in [5.41, 5.74) is 0. The van der Waals surface area contributed by atoms with E-state index in [0.29, 0.717) is 12.5 Å². The number of rotatable bonds is 7. The van der Waals surface area contributed by atoms with Crippen molar-refractivity contribution in [1.82, 2.24) is 10.2 Å². The van der Waals surface area contributed by atoms with Gasteiger partial charge in [0.1, 0.15) is 0 Å². The SMILES string of the molecule is CCC(CC#N)NCCCN1CCCC1. The Bertz CT molecular complexity index is 192. The molecule has 1 fully saturated rings. The normalized spacial score (nSPS) is 18.9. The summed E-state index contributed by atoms with van der Waals surface area (Å²) in [6.07, 6.45) is 5.65. The Hall–Kier alpha value is -0.590. The van der Waals surface area contributed by atoms with Crippen LogP contribution in [0.25, 0.3) is 0 Å². The number of hydrogen-bond acceptors (Lipinski definition) is 3. The lowest BCUT2D eigenvalue weighted by molar-refractivity contribution is 0.327. The van der Waals surface area contributed by atoms with Crippen LogP contribution in [0.2, 0.25) is 0 Å². The van der Waals surface area contributed by atoms with Crippen LogP contribution in [0, 0.1) is 11.3 Å². The highest BCUT2D eigenvalue weighted by Gasteiger charge is 2.10. The molecule has 1 atom stereocenters. The van der Waals surface area contributed by atoms with Gasteiger partial charge in [-0.3, -0.25) is 0 Å². The number of nitrogens with zero attached hydrogens (tertiary/aromatic N) is 2. The molecule has 1 heterocycles. The predicted molar refractivity (Wildman–Crippen MR) is 62.6 cm³/mol. The summed E-state index contributed by atoms with van der Waals surface area (Å²) in [5.74, 6) is 0. The van der Waals surface area contributed by atoms with Crippen molar-refractivity contribution >= 4 is 0 Å². The van der Waals surface area contributed by atoms with E-state index in [2.05, 4.69) is 23.2 Å². The summed E-state index contributed by atoms with van der Waals surface area (Å²) in [6.45, 7) is 6.98. The minimum Gasteiger partial charge on any atom is -0.313 e. The zero-order chi connectivity index (χ0) is 10.9. The van der Waals surface area contributed by atoms with Gasteiger partial charge in [-0.05, 0) is 51.9 Å². The average Bonchev–Trinajstić information content (AvgIpc) is 2.75. The molecule has 3 nitrogen and oxygen atoms in total. The molecule has 1 rings (SSSR count). The molecule has 1 aliphatic rings. The highest BCUT2D eigenvalue weighted by atomic mass is 15.1. The summed E-state index contributed by atoms with van der Waals surface area (Å²) in [5, 5.41) is 12.0. The molecule has 0 amide bonds. The van der Waals surface area contributed by atoms with Gasteiger partial charge in [0.2, 0.25) is 0 Å². The van der Waals surface area contributed by atoms with Crippen LogP contribution in [0.5, 0.6) is 0 Å². The fraction of sp³-hybridized carbons (Fsp3) is 0.917. The number of hydrogen-bond donors (Lipinski definition) is 1. The second kappa shape index (κ2) is 7.67. The lowest BCUT2D eigenvalue weighted by Crippen LogP contribution is -2.31. The van der Waals surface area contributed by atoms with E-state index >= 15 is 0 Å². The summed E-state index contributed by atoms with van der Waals surface area (Å²) in [6, 6.07) is 2.62. The van der Waals surface area contributed by atoms with E-state index in [1.807, 2.05) is 0 Å². The standard InChI is InChI=1S/C12H23N3/c1-2-12(6-7-13)14-8-5-11-15-9-3-4-10-15/h12,14H,2-6,8-11H2,1H3. The molecule has 1 N–H and O–H groups in total. The van der Waals surface area contributed by atoms with Crippen LogP contribution in [-0.4, -0.2) is 37.1 Å². The van der Waals surface area contributed by atoms with E-state index in [1.165, 1.54) is 38.9 Å². The van der Waals surface area contributed by atoms with Crippen molar-refractivity contribution < 1.29 is 0 Å². The predicted octanol–water partition coefficient (Wildman–Crippen LogP) is 1.75. The van der Waals surface area contributed by atoms with Gasteiger partial charge in [0, 0.05) is 6.04 Å². The van der Waals surface area contributed by atoms with Crippen molar-refractivity contribution in [3.8, 4) is 6.07 Å². The van der Waals surface area contributed by atoms with Gasteiger partial charge in [0.25, 0.3) is 0 Å². The maximum Gasteiger partial charge on any atom is 0.0638 e. The fourth-order valence-electron chi connectivity index (χ4n) is 2.09. The molecule has 0 aromatic carbocycles. The largest absolute Gasteiger partial charge is 0.313 e. The minimum atomic E-state index is 0.397. The van der Waals surface area contributed by atoms with Crippen molar-refractivity contribution in [3.05, 3.63) is 0 Å².